The van der Waals surface area contributed by atoms with Gasteiger partial charge in [0.1, 0.15) is 11.5 Å². The van der Waals surface area contributed by atoms with Crippen molar-refractivity contribution in [1.29, 1.82) is 0 Å². The van der Waals surface area contributed by atoms with Gasteiger partial charge in [-0.05, 0) is 96.0 Å². The molecular formula is C40H62O2S. The Labute approximate surface area is 268 Å². The Kier molecular flexibility index (Phi) is 9.80. The standard InChI is InChI=1S/C40H62O2S/c1-13-37(5,6)29-21-25(22-30(35(29)41)38(7,8)14-2)27-17-18-28(34-20-19-33(27)43-34)26-23-31(39(9,10)15-3)36(42)32(24-26)40(11,12)16-4/h21-24,27-28,33-34,41-42H,13-20H2,1-12H3. The highest BCUT2D eigenvalue weighted by Crippen LogP contribution is 2.56. The smallest absolute Gasteiger partial charge is 0.123 e. The molecule has 0 aromatic heterocycles. The molecule has 2 bridgehead atoms. The molecule has 4 rings (SSSR count). The van der Waals surface area contributed by atoms with E-state index < -0.39 is 0 Å². The summed E-state index contributed by atoms with van der Waals surface area (Å²) < 4.78 is 0. The molecule has 0 amide bonds. The monoisotopic (exact) mass is 606 g/mol. The topological polar surface area (TPSA) is 40.5 Å². The van der Waals surface area contributed by atoms with Crippen LogP contribution >= 0.6 is 11.8 Å². The zero-order chi connectivity index (χ0) is 32.1. The first-order valence-electron chi connectivity index (χ1n) is 17.3. The highest BCUT2D eigenvalue weighted by molar-refractivity contribution is 8.00. The Morgan fingerprint density at radius 3 is 1.00 bits per heavy atom. The Hall–Kier alpha value is -1.61. The second-order valence-electron chi connectivity index (χ2n) is 16.5. The fraction of sp³-hybridized carbons (Fsp3) is 0.700. The lowest BCUT2D eigenvalue weighted by Gasteiger charge is -2.34. The molecule has 43 heavy (non-hydrogen) atoms. The normalized spacial score (nSPS) is 23.4. The number of aromatic hydroxyl groups is 2. The highest BCUT2D eigenvalue weighted by Gasteiger charge is 2.42. The molecule has 0 aliphatic carbocycles. The van der Waals surface area contributed by atoms with Gasteiger partial charge in [0.25, 0.3) is 0 Å². The summed E-state index contributed by atoms with van der Waals surface area (Å²) in [7, 11) is 0. The molecule has 3 heteroatoms. The van der Waals surface area contributed by atoms with Gasteiger partial charge in [-0.2, -0.15) is 11.8 Å². The molecule has 2 aromatic carbocycles. The van der Waals surface area contributed by atoms with Crippen molar-refractivity contribution >= 4 is 11.8 Å². The van der Waals surface area contributed by atoms with E-state index in [2.05, 4.69) is 119 Å². The maximum Gasteiger partial charge on any atom is 0.123 e. The molecule has 0 saturated carbocycles. The summed E-state index contributed by atoms with van der Waals surface area (Å²) in [4.78, 5) is 0. The molecule has 2 nitrogen and oxygen atoms in total. The van der Waals surface area contributed by atoms with E-state index in [0.29, 0.717) is 33.8 Å². The Morgan fingerprint density at radius 1 is 0.512 bits per heavy atom. The molecule has 4 atom stereocenters. The SMILES string of the molecule is CCC(C)(C)c1cc(C2CCC(c3cc(C(C)(C)CC)c(O)c(C(C)(C)CC)c3)C3CCC2S3)cc(C(C)(C)CC)c1O. The van der Waals surface area contributed by atoms with Crippen LogP contribution in [-0.2, 0) is 21.7 Å². The summed E-state index contributed by atoms with van der Waals surface area (Å²) in [5, 5.41) is 24.5. The molecule has 0 spiro atoms. The van der Waals surface area contributed by atoms with Gasteiger partial charge in [-0.3, -0.25) is 0 Å². The van der Waals surface area contributed by atoms with Gasteiger partial charge in [0.2, 0.25) is 0 Å². The highest BCUT2D eigenvalue weighted by atomic mass is 32.2. The van der Waals surface area contributed by atoms with Crippen LogP contribution in [-0.4, -0.2) is 20.7 Å². The number of thioether (sulfide) groups is 1. The molecule has 4 unspecified atom stereocenters. The van der Waals surface area contributed by atoms with E-state index in [4.69, 9.17) is 0 Å². The van der Waals surface area contributed by atoms with Crippen molar-refractivity contribution in [2.45, 2.75) is 178 Å². The lowest BCUT2D eigenvalue weighted by atomic mass is 9.71. The molecule has 2 N–H and O–H groups in total. The third kappa shape index (κ3) is 6.41. The van der Waals surface area contributed by atoms with E-state index in [0.717, 1.165) is 47.9 Å². The molecule has 2 heterocycles. The second kappa shape index (κ2) is 12.3. The van der Waals surface area contributed by atoms with Crippen LogP contribution in [0.2, 0.25) is 0 Å². The number of benzene rings is 2. The fourth-order valence-corrected chi connectivity index (χ4v) is 9.30. The lowest BCUT2D eigenvalue weighted by Crippen LogP contribution is -2.23. The summed E-state index contributed by atoms with van der Waals surface area (Å²) >= 11 is 2.24. The van der Waals surface area contributed by atoms with E-state index in [1.807, 2.05) is 0 Å². The number of phenols is 2. The lowest BCUT2D eigenvalue weighted by molar-refractivity contribution is 0.395. The minimum absolute atomic E-state index is 0.0751. The average Bonchev–Trinajstić information content (AvgIpc) is 3.36. The quantitative estimate of drug-likeness (QED) is 0.283. The van der Waals surface area contributed by atoms with Crippen LogP contribution in [0.1, 0.15) is 180 Å². The molecule has 2 aromatic rings. The number of hydrogen-bond acceptors (Lipinski definition) is 3. The first-order valence-corrected chi connectivity index (χ1v) is 18.3. The van der Waals surface area contributed by atoms with Gasteiger partial charge in [-0.1, -0.05) is 107 Å². The molecule has 2 aliphatic heterocycles. The van der Waals surface area contributed by atoms with Crippen LogP contribution in [0.5, 0.6) is 11.5 Å². The van der Waals surface area contributed by atoms with Crippen molar-refractivity contribution in [3.63, 3.8) is 0 Å². The Balaban J connectivity index is 1.81. The zero-order valence-corrected chi connectivity index (χ0v) is 30.4. The maximum absolute atomic E-state index is 11.6. The van der Waals surface area contributed by atoms with Crippen molar-refractivity contribution in [3.8, 4) is 11.5 Å². The van der Waals surface area contributed by atoms with Gasteiger partial charge in [0, 0.05) is 32.8 Å². The number of fused-ring (bicyclic) bond motifs is 2. The van der Waals surface area contributed by atoms with Crippen molar-refractivity contribution in [2.75, 3.05) is 0 Å². The predicted molar refractivity (Wildman–Crippen MR) is 189 cm³/mol. The first kappa shape index (κ1) is 34.3. The summed E-state index contributed by atoms with van der Waals surface area (Å²) in [6.07, 6.45) is 8.84. The fourth-order valence-electron chi connectivity index (χ4n) is 7.34. The maximum atomic E-state index is 11.6. The average molecular weight is 607 g/mol. The minimum Gasteiger partial charge on any atom is -0.507 e. The van der Waals surface area contributed by atoms with Crippen LogP contribution < -0.4 is 0 Å². The third-order valence-electron chi connectivity index (χ3n) is 12.3. The summed E-state index contributed by atoms with van der Waals surface area (Å²) in [6.45, 7) is 27.2. The van der Waals surface area contributed by atoms with E-state index in [1.54, 1.807) is 0 Å². The van der Waals surface area contributed by atoms with Gasteiger partial charge >= 0.3 is 0 Å². The molecule has 0 radical (unpaired) electrons. The number of phenolic OH excluding ortho intramolecular Hbond substituents is 2. The van der Waals surface area contributed by atoms with E-state index >= 15 is 0 Å². The summed E-state index contributed by atoms with van der Waals surface area (Å²) in [5.41, 5.74) is 7.08. The van der Waals surface area contributed by atoms with Crippen LogP contribution in [0.4, 0.5) is 0 Å². The van der Waals surface area contributed by atoms with E-state index in [-0.39, 0.29) is 21.7 Å². The van der Waals surface area contributed by atoms with Crippen molar-refractivity contribution in [3.05, 3.63) is 57.6 Å². The molecule has 2 aliphatic rings. The molecule has 240 valence electrons. The van der Waals surface area contributed by atoms with Crippen LogP contribution in [0.15, 0.2) is 24.3 Å². The molecule has 2 saturated heterocycles. The third-order valence-corrected chi connectivity index (χ3v) is 14.2. The summed E-state index contributed by atoms with van der Waals surface area (Å²) in [5.74, 6) is 2.03. The largest absolute Gasteiger partial charge is 0.507 e. The van der Waals surface area contributed by atoms with Crippen LogP contribution in [0.25, 0.3) is 0 Å². The minimum atomic E-state index is -0.0751. The van der Waals surface area contributed by atoms with Gasteiger partial charge in [0.05, 0.1) is 0 Å². The van der Waals surface area contributed by atoms with Crippen LogP contribution in [0, 0.1) is 0 Å². The van der Waals surface area contributed by atoms with Crippen molar-refractivity contribution in [2.24, 2.45) is 0 Å². The van der Waals surface area contributed by atoms with Gasteiger partial charge in [-0.25, -0.2) is 0 Å². The van der Waals surface area contributed by atoms with Crippen LogP contribution in [0.3, 0.4) is 0 Å². The summed E-state index contributed by atoms with van der Waals surface area (Å²) in [6, 6.07) is 9.54. The Bertz CT molecular complexity index is 1130. The van der Waals surface area contributed by atoms with Gasteiger partial charge in [-0.15, -0.1) is 0 Å². The molecule has 2 fully saturated rings. The molecular weight excluding hydrogens is 545 g/mol. The van der Waals surface area contributed by atoms with Gasteiger partial charge < -0.3 is 10.2 Å². The van der Waals surface area contributed by atoms with E-state index in [1.165, 1.54) is 36.8 Å². The number of rotatable bonds is 10. The second-order valence-corrected chi connectivity index (χ2v) is 17.9. The predicted octanol–water partition coefficient (Wildman–Crippen LogP) is 11.8. The van der Waals surface area contributed by atoms with E-state index in [9.17, 15) is 10.2 Å². The van der Waals surface area contributed by atoms with Gasteiger partial charge in [0.15, 0.2) is 0 Å². The number of hydrogen-bond donors (Lipinski definition) is 2. The zero-order valence-electron chi connectivity index (χ0n) is 29.6. The van der Waals surface area contributed by atoms with Crippen molar-refractivity contribution < 1.29 is 10.2 Å². The Morgan fingerprint density at radius 2 is 0.767 bits per heavy atom. The van der Waals surface area contributed by atoms with Crippen molar-refractivity contribution in [1.82, 2.24) is 0 Å². The first-order chi connectivity index (χ1) is 19.9.